The second-order valence-corrected chi connectivity index (χ2v) is 5.06. The first kappa shape index (κ1) is 11.7. The van der Waals surface area contributed by atoms with Gasteiger partial charge in [-0.25, -0.2) is 4.98 Å². The first-order valence-electron chi connectivity index (χ1n) is 6.70. The van der Waals surface area contributed by atoms with Crippen LogP contribution in [0.5, 0.6) is 5.88 Å². The van der Waals surface area contributed by atoms with Gasteiger partial charge in [-0.2, -0.15) is 4.98 Å². The highest BCUT2D eigenvalue weighted by Gasteiger charge is 2.27. The molecule has 0 aromatic carbocycles. The van der Waals surface area contributed by atoms with Crippen LogP contribution in [0, 0.1) is 0 Å². The molecule has 5 heteroatoms. The van der Waals surface area contributed by atoms with Gasteiger partial charge in [0.25, 0.3) is 0 Å². The van der Waals surface area contributed by atoms with Crippen LogP contribution in [0.1, 0.15) is 43.8 Å². The predicted octanol–water partition coefficient (Wildman–Crippen LogP) is 1.88. The molecule has 1 saturated heterocycles. The smallest absolute Gasteiger partial charge is 0.218 e. The van der Waals surface area contributed by atoms with E-state index in [1.807, 2.05) is 0 Å². The maximum absolute atomic E-state index is 5.77. The summed E-state index contributed by atoms with van der Waals surface area (Å²) in [5.41, 5.74) is 5.77. The normalized spacial score (nSPS) is 23.9. The van der Waals surface area contributed by atoms with Crippen molar-refractivity contribution in [2.75, 3.05) is 18.9 Å². The first-order chi connectivity index (χ1) is 8.81. The Morgan fingerprint density at radius 3 is 2.89 bits per heavy atom. The molecule has 0 spiro atoms. The highest BCUT2D eigenvalue weighted by atomic mass is 16.5. The van der Waals surface area contributed by atoms with Crippen molar-refractivity contribution in [3.05, 3.63) is 11.9 Å². The van der Waals surface area contributed by atoms with Crippen molar-refractivity contribution in [1.82, 2.24) is 9.97 Å². The SMILES string of the molecule is Nc1cc(OCC2CCCCO2)nc(C2CC2)n1. The molecule has 2 heterocycles. The third kappa shape index (κ3) is 2.90. The molecule has 1 aromatic rings. The molecule has 1 aliphatic carbocycles. The standard InChI is InChI=1S/C13H19N3O2/c14-11-7-12(16-13(15-11)9-4-5-9)18-8-10-3-1-2-6-17-10/h7,9-10H,1-6,8H2,(H2,14,15,16). The Balaban J connectivity index is 1.60. The van der Waals surface area contributed by atoms with Gasteiger partial charge < -0.3 is 15.2 Å². The quantitative estimate of drug-likeness (QED) is 0.882. The summed E-state index contributed by atoms with van der Waals surface area (Å²) >= 11 is 0. The van der Waals surface area contributed by atoms with Gasteiger partial charge in [0, 0.05) is 18.6 Å². The van der Waals surface area contributed by atoms with E-state index in [9.17, 15) is 0 Å². The van der Waals surface area contributed by atoms with Gasteiger partial charge in [0.15, 0.2) is 0 Å². The minimum absolute atomic E-state index is 0.194. The van der Waals surface area contributed by atoms with Gasteiger partial charge in [-0.05, 0) is 32.1 Å². The molecule has 2 N–H and O–H groups in total. The van der Waals surface area contributed by atoms with Crippen LogP contribution in [0.4, 0.5) is 5.82 Å². The van der Waals surface area contributed by atoms with E-state index in [4.69, 9.17) is 15.2 Å². The number of hydrogen-bond acceptors (Lipinski definition) is 5. The lowest BCUT2D eigenvalue weighted by molar-refractivity contribution is -0.0120. The van der Waals surface area contributed by atoms with Crippen LogP contribution >= 0.6 is 0 Å². The molecule has 5 nitrogen and oxygen atoms in total. The van der Waals surface area contributed by atoms with Crippen molar-refractivity contribution in [3.8, 4) is 5.88 Å². The van der Waals surface area contributed by atoms with Gasteiger partial charge in [-0.3, -0.25) is 0 Å². The summed E-state index contributed by atoms with van der Waals surface area (Å²) < 4.78 is 11.3. The highest BCUT2D eigenvalue weighted by molar-refractivity contribution is 5.34. The second kappa shape index (κ2) is 5.10. The Morgan fingerprint density at radius 2 is 2.17 bits per heavy atom. The van der Waals surface area contributed by atoms with Gasteiger partial charge >= 0.3 is 0 Å². The average molecular weight is 249 g/mol. The van der Waals surface area contributed by atoms with E-state index < -0.39 is 0 Å². The van der Waals surface area contributed by atoms with Gasteiger partial charge in [0.05, 0.1) is 6.10 Å². The molecule has 1 unspecified atom stereocenters. The van der Waals surface area contributed by atoms with E-state index in [-0.39, 0.29) is 6.10 Å². The van der Waals surface area contributed by atoms with Crippen molar-refractivity contribution in [2.45, 2.75) is 44.1 Å². The second-order valence-electron chi connectivity index (χ2n) is 5.06. The molecular formula is C13H19N3O2. The van der Waals surface area contributed by atoms with Gasteiger partial charge in [-0.15, -0.1) is 0 Å². The number of ether oxygens (including phenoxy) is 2. The lowest BCUT2D eigenvalue weighted by atomic mass is 10.1. The summed E-state index contributed by atoms with van der Waals surface area (Å²) in [6, 6.07) is 1.69. The number of aromatic nitrogens is 2. The van der Waals surface area contributed by atoms with Crippen LogP contribution in [0.15, 0.2) is 6.07 Å². The van der Waals surface area contributed by atoms with Crippen LogP contribution in [-0.2, 0) is 4.74 Å². The van der Waals surface area contributed by atoms with E-state index >= 15 is 0 Å². The van der Waals surface area contributed by atoms with Crippen LogP contribution in [-0.4, -0.2) is 29.3 Å². The molecule has 0 radical (unpaired) electrons. The summed E-state index contributed by atoms with van der Waals surface area (Å²) in [6.07, 6.45) is 5.95. The van der Waals surface area contributed by atoms with E-state index in [2.05, 4.69) is 9.97 Å². The van der Waals surface area contributed by atoms with Crippen molar-refractivity contribution in [1.29, 1.82) is 0 Å². The zero-order valence-electron chi connectivity index (χ0n) is 10.5. The fourth-order valence-corrected chi connectivity index (χ4v) is 2.18. The maximum atomic E-state index is 5.77. The molecule has 3 rings (SSSR count). The zero-order valence-corrected chi connectivity index (χ0v) is 10.5. The molecule has 0 amide bonds. The van der Waals surface area contributed by atoms with E-state index in [0.29, 0.717) is 24.2 Å². The Hall–Kier alpha value is -1.36. The maximum Gasteiger partial charge on any atom is 0.218 e. The fraction of sp³-hybridized carbons (Fsp3) is 0.692. The molecule has 2 aliphatic rings. The average Bonchev–Trinajstić information content (AvgIpc) is 3.21. The lowest BCUT2D eigenvalue weighted by Crippen LogP contribution is -2.26. The van der Waals surface area contributed by atoms with Crippen molar-refractivity contribution < 1.29 is 9.47 Å². The third-order valence-electron chi connectivity index (χ3n) is 3.37. The minimum atomic E-state index is 0.194. The van der Waals surface area contributed by atoms with E-state index in [1.165, 1.54) is 6.42 Å². The summed E-state index contributed by atoms with van der Waals surface area (Å²) in [5, 5.41) is 0. The number of nitrogens with two attached hydrogens (primary N) is 1. The third-order valence-corrected chi connectivity index (χ3v) is 3.37. The topological polar surface area (TPSA) is 70.3 Å². The van der Waals surface area contributed by atoms with Crippen molar-refractivity contribution >= 4 is 5.82 Å². The molecular weight excluding hydrogens is 230 g/mol. The Labute approximate surface area is 107 Å². The number of rotatable bonds is 4. The number of nitrogen functional groups attached to an aromatic ring is 1. The van der Waals surface area contributed by atoms with Crippen molar-refractivity contribution in [3.63, 3.8) is 0 Å². The summed E-state index contributed by atoms with van der Waals surface area (Å²) in [6.45, 7) is 1.40. The Bertz CT molecular complexity index is 415. The summed E-state index contributed by atoms with van der Waals surface area (Å²) in [5.74, 6) is 2.39. The largest absolute Gasteiger partial charge is 0.475 e. The molecule has 1 aromatic heterocycles. The predicted molar refractivity (Wildman–Crippen MR) is 67.5 cm³/mol. The summed E-state index contributed by atoms with van der Waals surface area (Å²) in [4.78, 5) is 8.66. The Morgan fingerprint density at radius 1 is 1.28 bits per heavy atom. The van der Waals surface area contributed by atoms with Crippen LogP contribution in [0.25, 0.3) is 0 Å². The zero-order chi connectivity index (χ0) is 12.4. The van der Waals surface area contributed by atoms with E-state index in [0.717, 1.165) is 38.1 Å². The van der Waals surface area contributed by atoms with Crippen molar-refractivity contribution in [2.24, 2.45) is 0 Å². The number of anilines is 1. The van der Waals surface area contributed by atoms with Crippen LogP contribution in [0.3, 0.4) is 0 Å². The lowest BCUT2D eigenvalue weighted by Gasteiger charge is -2.22. The molecule has 2 fully saturated rings. The Kier molecular flexibility index (Phi) is 3.32. The van der Waals surface area contributed by atoms with Crippen LogP contribution < -0.4 is 10.5 Å². The van der Waals surface area contributed by atoms with E-state index in [1.54, 1.807) is 6.07 Å². The summed E-state index contributed by atoms with van der Waals surface area (Å²) in [7, 11) is 0. The molecule has 1 atom stereocenters. The number of nitrogens with zero attached hydrogens (tertiary/aromatic N) is 2. The molecule has 1 aliphatic heterocycles. The molecule has 1 saturated carbocycles. The molecule has 98 valence electrons. The van der Waals surface area contributed by atoms with Crippen LogP contribution in [0.2, 0.25) is 0 Å². The first-order valence-corrected chi connectivity index (χ1v) is 6.70. The molecule has 0 bridgehead atoms. The monoisotopic (exact) mass is 249 g/mol. The highest BCUT2D eigenvalue weighted by Crippen LogP contribution is 2.38. The van der Waals surface area contributed by atoms with Gasteiger partial charge in [-0.1, -0.05) is 0 Å². The van der Waals surface area contributed by atoms with Gasteiger partial charge in [0.2, 0.25) is 5.88 Å². The van der Waals surface area contributed by atoms with Gasteiger partial charge in [0.1, 0.15) is 18.2 Å². The molecule has 18 heavy (non-hydrogen) atoms. The number of hydrogen-bond donors (Lipinski definition) is 1. The minimum Gasteiger partial charge on any atom is -0.475 e. The fourth-order valence-electron chi connectivity index (χ4n) is 2.18.